The molecule has 1 unspecified atom stereocenters. The van der Waals surface area contributed by atoms with E-state index in [0.717, 1.165) is 25.9 Å². The molecule has 27 heavy (non-hydrogen) atoms. The van der Waals surface area contributed by atoms with Gasteiger partial charge < -0.3 is 9.72 Å². The van der Waals surface area contributed by atoms with E-state index in [9.17, 15) is 9.18 Å². The van der Waals surface area contributed by atoms with Crippen molar-refractivity contribution in [3.8, 4) is 0 Å². The van der Waals surface area contributed by atoms with Crippen LogP contribution in [0, 0.1) is 12.7 Å². The Morgan fingerprint density at radius 2 is 2.22 bits per heavy atom. The molecule has 0 aliphatic carbocycles. The Hall–Kier alpha value is -2.73. The number of imidazole rings is 1. The SMILES string of the molecule is Cc1cccc(CN2CCCC2CNC(=O)c2cn3cccc(F)c3n2)c1. The van der Waals surface area contributed by atoms with Gasteiger partial charge >= 0.3 is 0 Å². The van der Waals surface area contributed by atoms with E-state index >= 15 is 0 Å². The molecule has 0 saturated carbocycles. The zero-order valence-electron chi connectivity index (χ0n) is 15.4. The molecule has 1 aliphatic rings. The highest BCUT2D eigenvalue weighted by Crippen LogP contribution is 2.20. The van der Waals surface area contributed by atoms with Gasteiger partial charge in [0.15, 0.2) is 11.5 Å². The van der Waals surface area contributed by atoms with Crippen LogP contribution in [0.25, 0.3) is 5.65 Å². The zero-order valence-corrected chi connectivity index (χ0v) is 15.4. The summed E-state index contributed by atoms with van der Waals surface area (Å²) in [7, 11) is 0. The van der Waals surface area contributed by atoms with Gasteiger partial charge in [0.25, 0.3) is 5.91 Å². The zero-order chi connectivity index (χ0) is 18.8. The molecule has 3 heterocycles. The number of nitrogens with one attached hydrogen (secondary N) is 1. The Morgan fingerprint density at radius 1 is 1.33 bits per heavy atom. The minimum Gasteiger partial charge on any atom is -0.349 e. The van der Waals surface area contributed by atoms with Gasteiger partial charge in [-0.15, -0.1) is 0 Å². The number of aryl methyl sites for hydroxylation is 1. The predicted octanol–water partition coefficient (Wildman–Crippen LogP) is 3.18. The second-order valence-electron chi connectivity index (χ2n) is 7.18. The number of likely N-dealkylation sites (tertiary alicyclic amines) is 1. The molecule has 1 atom stereocenters. The number of rotatable bonds is 5. The Labute approximate surface area is 157 Å². The summed E-state index contributed by atoms with van der Waals surface area (Å²) in [5.41, 5.74) is 2.97. The summed E-state index contributed by atoms with van der Waals surface area (Å²) in [6.45, 7) is 4.60. The van der Waals surface area contributed by atoms with Crippen molar-refractivity contribution >= 4 is 11.6 Å². The van der Waals surface area contributed by atoms with Crippen molar-refractivity contribution in [1.82, 2.24) is 19.6 Å². The molecule has 0 bridgehead atoms. The maximum atomic E-state index is 13.8. The molecular weight excluding hydrogens is 343 g/mol. The molecule has 3 aromatic rings. The van der Waals surface area contributed by atoms with E-state index in [0.29, 0.717) is 12.6 Å². The largest absolute Gasteiger partial charge is 0.349 e. The highest BCUT2D eigenvalue weighted by atomic mass is 19.1. The third kappa shape index (κ3) is 3.85. The Kier molecular flexibility index (Phi) is 4.90. The average Bonchev–Trinajstić information content (AvgIpc) is 3.27. The van der Waals surface area contributed by atoms with Crippen molar-refractivity contribution in [2.75, 3.05) is 13.1 Å². The van der Waals surface area contributed by atoms with E-state index in [-0.39, 0.29) is 17.2 Å². The van der Waals surface area contributed by atoms with Crippen LogP contribution in [0.1, 0.15) is 34.5 Å². The molecule has 1 aromatic carbocycles. The summed E-state index contributed by atoms with van der Waals surface area (Å²) in [5, 5.41) is 2.97. The van der Waals surface area contributed by atoms with Crippen LogP contribution in [-0.4, -0.2) is 39.3 Å². The van der Waals surface area contributed by atoms with E-state index in [4.69, 9.17) is 0 Å². The fraction of sp³-hybridized carbons (Fsp3) is 0.333. The Bertz CT molecular complexity index is 968. The second kappa shape index (κ2) is 7.48. The normalized spacial score (nSPS) is 17.5. The molecule has 140 valence electrons. The number of nitrogens with zero attached hydrogens (tertiary/aromatic N) is 3. The highest BCUT2D eigenvalue weighted by Gasteiger charge is 2.25. The third-order valence-corrected chi connectivity index (χ3v) is 5.13. The molecule has 4 rings (SSSR count). The van der Waals surface area contributed by atoms with Gasteiger partial charge in [0, 0.05) is 31.5 Å². The number of pyridine rings is 1. The molecule has 1 fully saturated rings. The second-order valence-corrected chi connectivity index (χ2v) is 7.18. The molecule has 2 aromatic heterocycles. The summed E-state index contributed by atoms with van der Waals surface area (Å²) < 4.78 is 15.3. The first-order chi connectivity index (χ1) is 13.1. The van der Waals surface area contributed by atoms with Crippen LogP contribution in [0.5, 0.6) is 0 Å². The number of carbonyl (C=O) groups excluding carboxylic acids is 1. The first-order valence-electron chi connectivity index (χ1n) is 9.31. The van der Waals surface area contributed by atoms with Crippen LogP contribution in [0.4, 0.5) is 4.39 Å². The Morgan fingerprint density at radius 3 is 3.04 bits per heavy atom. The van der Waals surface area contributed by atoms with Crippen molar-refractivity contribution in [3.05, 3.63) is 71.4 Å². The van der Waals surface area contributed by atoms with Crippen molar-refractivity contribution in [1.29, 1.82) is 0 Å². The number of hydrogen-bond acceptors (Lipinski definition) is 3. The summed E-state index contributed by atoms with van der Waals surface area (Å²) in [6.07, 6.45) is 5.44. The van der Waals surface area contributed by atoms with E-state index in [1.165, 1.54) is 21.6 Å². The van der Waals surface area contributed by atoms with Gasteiger partial charge in [-0.2, -0.15) is 0 Å². The average molecular weight is 366 g/mol. The van der Waals surface area contributed by atoms with Crippen LogP contribution in [0.3, 0.4) is 0 Å². The number of carbonyl (C=O) groups is 1. The standard InChI is InChI=1S/C21H23FN4O/c1-15-5-2-6-16(11-15)13-25-9-3-7-17(25)12-23-21(27)19-14-26-10-4-8-18(22)20(26)24-19/h2,4-6,8,10-11,14,17H,3,7,9,12-13H2,1H3,(H,23,27). The van der Waals surface area contributed by atoms with Crippen molar-refractivity contribution < 1.29 is 9.18 Å². The first kappa shape index (κ1) is 17.7. The topological polar surface area (TPSA) is 49.6 Å². The van der Waals surface area contributed by atoms with E-state index in [1.54, 1.807) is 18.5 Å². The van der Waals surface area contributed by atoms with Crippen molar-refractivity contribution in [2.24, 2.45) is 0 Å². The maximum Gasteiger partial charge on any atom is 0.271 e. The van der Waals surface area contributed by atoms with Gasteiger partial charge in [-0.25, -0.2) is 9.37 Å². The van der Waals surface area contributed by atoms with Crippen LogP contribution in [0.2, 0.25) is 0 Å². The quantitative estimate of drug-likeness (QED) is 0.755. The van der Waals surface area contributed by atoms with Gasteiger partial charge in [-0.3, -0.25) is 9.69 Å². The molecular formula is C21H23FN4O. The first-order valence-corrected chi connectivity index (χ1v) is 9.31. The summed E-state index contributed by atoms with van der Waals surface area (Å²) in [5.74, 6) is -0.697. The summed E-state index contributed by atoms with van der Waals surface area (Å²) >= 11 is 0. The summed E-state index contributed by atoms with van der Waals surface area (Å²) in [4.78, 5) is 19.0. The van der Waals surface area contributed by atoms with Crippen LogP contribution in [0.15, 0.2) is 48.8 Å². The van der Waals surface area contributed by atoms with Crippen LogP contribution >= 0.6 is 0 Å². The van der Waals surface area contributed by atoms with E-state index < -0.39 is 5.82 Å². The van der Waals surface area contributed by atoms with Crippen molar-refractivity contribution in [2.45, 2.75) is 32.4 Å². The van der Waals surface area contributed by atoms with Gasteiger partial charge in [0.1, 0.15) is 5.69 Å². The maximum absolute atomic E-state index is 13.8. The number of benzene rings is 1. The predicted molar refractivity (Wildman–Crippen MR) is 102 cm³/mol. The molecule has 6 heteroatoms. The molecule has 1 aliphatic heterocycles. The minimum atomic E-state index is -0.434. The summed E-state index contributed by atoms with van der Waals surface area (Å²) in [6, 6.07) is 11.8. The monoisotopic (exact) mass is 366 g/mol. The fourth-order valence-corrected chi connectivity index (χ4v) is 3.77. The molecule has 1 N–H and O–H groups in total. The van der Waals surface area contributed by atoms with Gasteiger partial charge in [-0.1, -0.05) is 29.8 Å². The number of aromatic nitrogens is 2. The van der Waals surface area contributed by atoms with E-state index in [2.05, 4.69) is 46.4 Å². The molecule has 0 spiro atoms. The lowest BCUT2D eigenvalue weighted by molar-refractivity contribution is 0.0935. The van der Waals surface area contributed by atoms with Crippen LogP contribution < -0.4 is 5.32 Å². The number of fused-ring (bicyclic) bond motifs is 1. The molecule has 0 radical (unpaired) electrons. The van der Waals surface area contributed by atoms with Gasteiger partial charge in [0.2, 0.25) is 0 Å². The Balaban J connectivity index is 1.39. The highest BCUT2D eigenvalue weighted by molar-refractivity contribution is 5.92. The number of hydrogen-bond donors (Lipinski definition) is 1. The van der Waals surface area contributed by atoms with Crippen LogP contribution in [-0.2, 0) is 6.54 Å². The molecule has 5 nitrogen and oxygen atoms in total. The number of amides is 1. The van der Waals surface area contributed by atoms with Crippen molar-refractivity contribution in [3.63, 3.8) is 0 Å². The lowest BCUT2D eigenvalue weighted by atomic mass is 10.1. The minimum absolute atomic E-state index is 0.171. The molecule has 1 saturated heterocycles. The fourth-order valence-electron chi connectivity index (χ4n) is 3.77. The third-order valence-electron chi connectivity index (χ3n) is 5.13. The van der Waals surface area contributed by atoms with E-state index in [1.807, 2.05) is 0 Å². The lowest BCUT2D eigenvalue weighted by Gasteiger charge is -2.24. The van der Waals surface area contributed by atoms with Gasteiger partial charge in [0.05, 0.1) is 0 Å². The molecule has 1 amide bonds. The lowest BCUT2D eigenvalue weighted by Crippen LogP contribution is -2.39. The smallest absolute Gasteiger partial charge is 0.271 e. The number of halogens is 1. The van der Waals surface area contributed by atoms with Gasteiger partial charge in [-0.05, 0) is 44.0 Å².